The lowest BCUT2D eigenvalue weighted by Crippen LogP contribution is -2.62. The van der Waals surface area contributed by atoms with Crippen LogP contribution >= 0.6 is 23.5 Å². The lowest BCUT2D eigenvalue weighted by Gasteiger charge is -2.49. The van der Waals surface area contributed by atoms with Crippen molar-refractivity contribution in [3.8, 4) is 12.0 Å². The summed E-state index contributed by atoms with van der Waals surface area (Å²) in [6.45, 7) is 32.6. The standard InChI is InChI=1S/C40H68N10O2S2/c1-13-23-51-33-41-31(43-35(45-33)53-15-3)49(29-25-37(5,6)47-38(7,8)26-29)21-19-17-18-20-22-50(30-27-39(9,10)48-40(11,12)28-30)32-42-34(52-24-14-2)46-36(44-32)54-16-4/h13-14,29-30,47-48H,1-2,15-28H2,3-12H3. The molecule has 0 amide bonds. The molecule has 0 atom stereocenters. The number of anilines is 2. The van der Waals surface area contributed by atoms with Crippen molar-refractivity contribution in [3.63, 3.8) is 0 Å². The van der Waals surface area contributed by atoms with Crippen LogP contribution in [0.25, 0.3) is 0 Å². The summed E-state index contributed by atoms with van der Waals surface area (Å²) < 4.78 is 11.7. The minimum absolute atomic E-state index is 0.0246. The van der Waals surface area contributed by atoms with Gasteiger partial charge in [0.1, 0.15) is 13.2 Å². The number of unbranched alkanes of at least 4 members (excludes halogenated alkanes) is 3. The molecule has 2 aliphatic rings. The Kier molecular flexibility index (Phi) is 15.9. The number of nitrogens with one attached hydrogen (secondary N) is 2. The summed E-state index contributed by atoms with van der Waals surface area (Å²) in [6.07, 6.45) is 11.6. The molecule has 14 heteroatoms. The van der Waals surface area contributed by atoms with E-state index in [9.17, 15) is 0 Å². The van der Waals surface area contributed by atoms with Crippen molar-refractivity contribution in [3.05, 3.63) is 25.3 Å². The molecule has 4 heterocycles. The molecule has 2 aromatic rings. The first kappa shape index (κ1) is 44.0. The van der Waals surface area contributed by atoms with Crippen molar-refractivity contribution in [2.75, 3.05) is 47.6 Å². The molecule has 302 valence electrons. The summed E-state index contributed by atoms with van der Waals surface area (Å²) in [6, 6.07) is 1.25. The van der Waals surface area contributed by atoms with Gasteiger partial charge in [-0.3, -0.25) is 0 Å². The van der Waals surface area contributed by atoms with Gasteiger partial charge in [0.25, 0.3) is 0 Å². The Labute approximate surface area is 334 Å². The first-order chi connectivity index (χ1) is 25.5. The molecule has 2 aromatic heterocycles. The van der Waals surface area contributed by atoms with E-state index in [1.807, 2.05) is 0 Å². The van der Waals surface area contributed by atoms with E-state index in [2.05, 4.69) is 113 Å². The molecule has 2 aliphatic heterocycles. The van der Waals surface area contributed by atoms with Crippen LogP contribution in [0.3, 0.4) is 0 Å². The molecule has 0 radical (unpaired) electrons. The number of hydrogen-bond acceptors (Lipinski definition) is 14. The highest BCUT2D eigenvalue weighted by atomic mass is 32.2. The molecule has 54 heavy (non-hydrogen) atoms. The molecule has 12 nitrogen and oxygen atoms in total. The highest BCUT2D eigenvalue weighted by Gasteiger charge is 2.42. The van der Waals surface area contributed by atoms with E-state index in [-0.39, 0.29) is 34.2 Å². The van der Waals surface area contributed by atoms with Crippen molar-refractivity contribution in [2.24, 2.45) is 0 Å². The zero-order valence-corrected chi connectivity index (χ0v) is 36.5. The van der Waals surface area contributed by atoms with Crippen LogP contribution in [0.2, 0.25) is 0 Å². The molecule has 0 spiro atoms. The van der Waals surface area contributed by atoms with E-state index in [0.29, 0.717) is 47.4 Å². The van der Waals surface area contributed by atoms with Gasteiger partial charge in [0.15, 0.2) is 10.3 Å². The van der Waals surface area contributed by atoms with Gasteiger partial charge in [-0.1, -0.05) is 75.5 Å². The first-order valence-corrected chi connectivity index (χ1v) is 21.8. The van der Waals surface area contributed by atoms with Gasteiger partial charge in [0.05, 0.1) is 0 Å². The summed E-state index contributed by atoms with van der Waals surface area (Å²) >= 11 is 3.22. The van der Waals surface area contributed by atoms with Gasteiger partial charge in [-0.25, -0.2) is 0 Å². The number of thioether (sulfide) groups is 2. The van der Waals surface area contributed by atoms with Crippen molar-refractivity contribution < 1.29 is 9.47 Å². The Morgan fingerprint density at radius 1 is 0.593 bits per heavy atom. The number of rotatable bonds is 21. The molecule has 0 unspecified atom stereocenters. The van der Waals surface area contributed by atoms with Gasteiger partial charge < -0.3 is 29.9 Å². The quantitative estimate of drug-likeness (QED) is 0.0724. The normalized spacial score (nSPS) is 19.2. The second kappa shape index (κ2) is 19.5. The van der Waals surface area contributed by atoms with Crippen molar-refractivity contribution in [1.82, 2.24) is 40.5 Å². The van der Waals surface area contributed by atoms with Gasteiger partial charge in [0.2, 0.25) is 11.9 Å². The van der Waals surface area contributed by atoms with Crippen LogP contribution < -0.4 is 29.9 Å². The van der Waals surface area contributed by atoms with E-state index in [0.717, 1.165) is 76.0 Å². The Hall–Kier alpha value is -2.68. The number of aromatic nitrogens is 6. The van der Waals surface area contributed by atoms with Gasteiger partial charge >= 0.3 is 12.0 Å². The second-order valence-electron chi connectivity index (χ2n) is 17.2. The second-order valence-corrected chi connectivity index (χ2v) is 19.6. The third-order valence-electron chi connectivity index (χ3n) is 9.65. The van der Waals surface area contributed by atoms with E-state index in [1.165, 1.54) is 0 Å². The van der Waals surface area contributed by atoms with Crippen LogP contribution in [0.4, 0.5) is 11.9 Å². The van der Waals surface area contributed by atoms with Crippen LogP contribution in [-0.2, 0) is 0 Å². The molecule has 2 N–H and O–H groups in total. The summed E-state index contributed by atoms with van der Waals surface area (Å²) in [7, 11) is 0. The molecular formula is C40H68N10O2S2. The highest BCUT2D eigenvalue weighted by molar-refractivity contribution is 7.99. The maximum absolute atomic E-state index is 5.87. The van der Waals surface area contributed by atoms with E-state index in [4.69, 9.17) is 29.4 Å². The van der Waals surface area contributed by atoms with Crippen molar-refractivity contribution in [2.45, 2.75) is 165 Å². The number of piperidine rings is 2. The molecule has 0 bridgehead atoms. The van der Waals surface area contributed by atoms with E-state index < -0.39 is 0 Å². The fourth-order valence-corrected chi connectivity index (χ4v) is 9.58. The van der Waals surface area contributed by atoms with Crippen LogP contribution in [-0.4, -0.2) is 102 Å². The minimum atomic E-state index is -0.0246. The number of hydrogen-bond donors (Lipinski definition) is 2. The van der Waals surface area contributed by atoms with Crippen LogP contribution in [0.15, 0.2) is 35.6 Å². The molecule has 2 fully saturated rings. The third-order valence-corrected chi connectivity index (χ3v) is 11.1. The Morgan fingerprint density at radius 3 is 1.26 bits per heavy atom. The monoisotopic (exact) mass is 784 g/mol. The lowest BCUT2D eigenvalue weighted by atomic mass is 9.79. The predicted octanol–water partition coefficient (Wildman–Crippen LogP) is 7.90. The summed E-state index contributed by atoms with van der Waals surface area (Å²) in [5.41, 5.74) is -0.0984. The molecule has 0 aromatic carbocycles. The Balaban J connectivity index is 1.54. The van der Waals surface area contributed by atoms with Gasteiger partial charge in [-0.2, -0.15) is 29.9 Å². The third kappa shape index (κ3) is 13.5. The summed E-state index contributed by atoms with van der Waals surface area (Å²) in [5, 5.41) is 9.09. The zero-order chi connectivity index (χ0) is 39.6. The van der Waals surface area contributed by atoms with Crippen LogP contribution in [0.1, 0.15) is 121 Å². The minimum Gasteiger partial charge on any atom is -0.459 e. The largest absolute Gasteiger partial charge is 0.459 e. The Bertz CT molecular complexity index is 1380. The zero-order valence-electron chi connectivity index (χ0n) is 34.8. The molecule has 0 aliphatic carbocycles. The molecule has 0 saturated carbocycles. The van der Waals surface area contributed by atoms with E-state index in [1.54, 1.807) is 35.7 Å². The predicted molar refractivity (Wildman–Crippen MR) is 226 cm³/mol. The van der Waals surface area contributed by atoms with Gasteiger partial charge in [0, 0.05) is 47.3 Å². The smallest absolute Gasteiger partial charge is 0.322 e. The fourth-order valence-electron chi connectivity index (χ4n) is 8.48. The number of ether oxygens (including phenoxy) is 2. The highest BCUT2D eigenvalue weighted by Crippen LogP contribution is 2.36. The molecule has 2 saturated heterocycles. The first-order valence-electron chi connectivity index (χ1n) is 19.8. The molecular weight excluding hydrogens is 717 g/mol. The average Bonchev–Trinajstić information content (AvgIpc) is 3.05. The lowest BCUT2D eigenvalue weighted by molar-refractivity contribution is 0.156. The van der Waals surface area contributed by atoms with Crippen molar-refractivity contribution >= 4 is 35.4 Å². The van der Waals surface area contributed by atoms with Crippen LogP contribution in [0.5, 0.6) is 12.0 Å². The number of nitrogens with zero attached hydrogens (tertiary/aromatic N) is 8. The molecule has 4 rings (SSSR count). The topological polar surface area (TPSA) is 126 Å². The van der Waals surface area contributed by atoms with Gasteiger partial charge in [-0.15, -0.1) is 0 Å². The summed E-state index contributed by atoms with van der Waals surface area (Å²) in [5.74, 6) is 3.14. The Morgan fingerprint density at radius 2 is 0.944 bits per heavy atom. The fraction of sp³-hybridized carbons (Fsp3) is 0.750. The van der Waals surface area contributed by atoms with E-state index >= 15 is 0 Å². The average molecular weight is 785 g/mol. The SMILES string of the molecule is C=CCOc1nc(SCC)nc(N(CCCCCCN(c2nc(OCC=C)nc(SCC)n2)C2CC(C)(C)NC(C)(C)C2)C2CC(C)(C)NC(C)(C)C2)n1. The van der Waals surface area contributed by atoms with Crippen LogP contribution in [0, 0.1) is 0 Å². The summed E-state index contributed by atoms with van der Waals surface area (Å²) in [4.78, 5) is 33.8. The maximum Gasteiger partial charge on any atom is 0.322 e. The van der Waals surface area contributed by atoms with Gasteiger partial charge in [-0.05, 0) is 105 Å². The maximum atomic E-state index is 5.87. The van der Waals surface area contributed by atoms with Crippen molar-refractivity contribution in [1.29, 1.82) is 0 Å².